The standard InChI is InChI=1S/C25H24N2O3S2/c1-30-25(29)22-17-9-5-6-10-20(17)32-24(22)26-23(28)19-15-21-18(12-14-31-21)27(19)13-11-16-7-3-2-4-8-16/h2-4,7-8,12,14-15H,5-6,9-11,13H2,1H3,(H,26,28). The zero-order valence-electron chi connectivity index (χ0n) is 17.8. The second-order valence-corrected chi connectivity index (χ2v) is 10.0. The predicted molar refractivity (Wildman–Crippen MR) is 130 cm³/mol. The van der Waals surface area contributed by atoms with Crippen molar-refractivity contribution in [2.75, 3.05) is 12.4 Å². The highest BCUT2D eigenvalue weighted by atomic mass is 32.1. The lowest BCUT2D eigenvalue weighted by Crippen LogP contribution is -2.19. The van der Waals surface area contributed by atoms with E-state index in [0.717, 1.165) is 47.9 Å². The number of aromatic nitrogens is 1. The molecule has 32 heavy (non-hydrogen) atoms. The Balaban J connectivity index is 1.46. The first-order valence-electron chi connectivity index (χ1n) is 10.8. The lowest BCUT2D eigenvalue weighted by molar-refractivity contribution is 0.0601. The number of thiophene rings is 2. The zero-order valence-corrected chi connectivity index (χ0v) is 19.5. The van der Waals surface area contributed by atoms with Gasteiger partial charge in [0, 0.05) is 11.4 Å². The summed E-state index contributed by atoms with van der Waals surface area (Å²) in [6.45, 7) is 0.706. The van der Waals surface area contributed by atoms with Crippen molar-refractivity contribution >= 4 is 49.8 Å². The molecule has 164 valence electrons. The Morgan fingerprint density at radius 2 is 1.94 bits per heavy atom. The Hall–Kier alpha value is -2.90. The summed E-state index contributed by atoms with van der Waals surface area (Å²) in [4.78, 5) is 27.1. The number of benzene rings is 1. The predicted octanol–water partition coefficient (Wildman–Crippen LogP) is 5.92. The molecule has 3 heterocycles. The zero-order chi connectivity index (χ0) is 22.1. The molecule has 0 unspecified atom stereocenters. The van der Waals surface area contributed by atoms with Gasteiger partial charge in [-0.3, -0.25) is 4.79 Å². The molecule has 1 aromatic carbocycles. The summed E-state index contributed by atoms with van der Waals surface area (Å²) in [6, 6.07) is 14.3. The number of ether oxygens (including phenoxy) is 1. The van der Waals surface area contributed by atoms with Crippen LogP contribution in [0.2, 0.25) is 0 Å². The van der Waals surface area contributed by atoms with Crippen LogP contribution in [0.1, 0.15) is 49.7 Å². The number of esters is 1. The van der Waals surface area contributed by atoms with Crippen molar-refractivity contribution in [3.05, 3.63) is 75.1 Å². The number of carbonyl (C=O) groups excluding carboxylic acids is 2. The number of rotatable bonds is 6. The number of carbonyl (C=O) groups is 2. The van der Waals surface area contributed by atoms with E-state index in [9.17, 15) is 9.59 Å². The molecule has 0 aliphatic heterocycles. The molecule has 1 N–H and O–H groups in total. The first kappa shape index (κ1) is 21.0. The van der Waals surface area contributed by atoms with Crippen LogP contribution in [0.4, 0.5) is 5.00 Å². The second kappa shape index (κ2) is 8.92. The lowest BCUT2D eigenvalue weighted by Gasteiger charge is -2.12. The molecule has 0 spiro atoms. The summed E-state index contributed by atoms with van der Waals surface area (Å²) in [7, 11) is 1.39. The maximum Gasteiger partial charge on any atom is 0.341 e. The Morgan fingerprint density at radius 1 is 1.12 bits per heavy atom. The van der Waals surface area contributed by atoms with Gasteiger partial charge < -0.3 is 14.6 Å². The molecule has 0 atom stereocenters. The van der Waals surface area contributed by atoms with E-state index in [2.05, 4.69) is 28.1 Å². The Morgan fingerprint density at radius 3 is 2.75 bits per heavy atom. The number of hydrogen-bond acceptors (Lipinski definition) is 5. The summed E-state index contributed by atoms with van der Waals surface area (Å²) in [5.74, 6) is -0.564. The van der Waals surface area contributed by atoms with E-state index in [-0.39, 0.29) is 11.9 Å². The maximum absolute atomic E-state index is 13.4. The molecule has 0 bridgehead atoms. The molecule has 4 aromatic rings. The fraction of sp³-hybridized carbons (Fsp3) is 0.280. The van der Waals surface area contributed by atoms with Crippen LogP contribution in [0.5, 0.6) is 0 Å². The van der Waals surface area contributed by atoms with E-state index in [1.165, 1.54) is 28.9 Å². The SMILES string of the molecule is COC(=O)c1c(NC(=O)c2cc3sccc3n2CCc2ccccc2)sc2c1CCCC2. The number of nitrogens with zero attached hydrogens (tertiary/aromatic N) is 1. The van der Waals surface area contributed by atoms with Crippen LogP contribution >= 0.6 is 22.7 Å². The van der Waals surface area contributed by atoms with Gasteiger partial charge in [0.1, 0.15) is 10.7 Å². The maximum atomic E-state index is 13.4. The molecule has 3 aromatic heterocycles. The van der Waals surface area contributed by atoms with Crippen LogP contribution in [0.3, 0.4) is 0 Å². The van der Waals surface area contributed by atoms with Gasteiger partial charge in [-0.05, 0) is 60.7 Å². The number of hydrogen-bond donors (Lipinski definition) is 1. The second-order valence-electron chi connectivity index (χ2n) is 7.95. The lowest BCUT2D eigenvalue weighted by atomic mass is 9.95. The fourth-order valence-electron chi connectivity index (χ4n) is 4.43. The Labute approximate surface area is 194 Å². The van der Waals surface area contributed by atoms with Crippen LogP contribution in [-0.2, 0) is 30.5 Å². The van der Waals surface area contributed by atoms with Gasteiger partial charge in [0.05, 0.1) is 22.9 Å². The molecule has 5 rings (SSSR count). The number of fused-ring (bicyclic) bond motifs is 2. The highest BCUT2D eigenvalue weighted by Gasteiger charge is 2.28. The quantitative estimate of drug-likeness (QED) is 0.360. The van der Waals surface area contributed by atoms with Crippen LogP contribution in [0.15, 0.2) is 47.8 Å². The van der Waals surface area contributed by atoms with E-state index >= 15 is 0 Å². The van der Waals surface area contributed by atoms with E-state index in [4.69, 9.17) is 4.74 Å². The van der Waals surface area contributed by atoms with Gasteiger partial charge in [0.2, 0.25) is 0 Å². The molecule has 0 fully saturated rings. The van der Waals surface area contributed by atoms with Crippen molar-refractivity contribution in [2.45, 2.75) is 38.6 Å². The van der Waals surface area contributed by atoms with Crippen molar-refractivity contribution in [3.63, 3.8) is 0 Å². The van der Waals surface area contributed by atoms with E-state index in [0.29, 0.717) is 22.8 Å². The number of methoxy groups -OCH3 is 1. The molecule has 5 nitrogen and oxygen atoms in total. The van der Waals surface area contributed by atoms with Gasteiger partial charge in [0.25, 0.3) is 5.91 Å². The number of anilines is 1. The topological polar surface area (TPSA) is 60.3 Å². The van der Waals surface area contributed by atoms with Gasteiger partial charge in [-0.15, -0.1) is 22.7 Å². The average molecular weight is 465 g/mol. The smallest absolute Gasteiger partial charge is 0.341 e. The number of aryl methyl sites for hydroxylation is 3. The summed E-state index contributed by atoms with van der Waals surface area (Å²) in [5.41, 5.74) is 4.49. The van der Waals surface area contributed by atoms with Gasteiger partial charge in [-0.1, -0.05) is 30.3 Å². The van der Waals surface area contributed by atoms with Crippen molar-refractivity contribution in [1.82, 2.24) is 4.57 Å². The minimum atomic E-state index is -0.375. The molecule has 7 heteroatoms. The summed E-state index contributed by atoms with van der Waals surface area (Å²) >= 11 is 3.14. The van der Waals surface area contributed by atoms with E-state index in [1.807, 2.05) is 29.6 Å². The Bertz CT molecular complexity index is 1280. The van der Waals surface area contributed by atoms with Crippen molar-refractivity contribution < 1.29 is 14.3 Å². The van der Waals surface area contributed by atoms with Crippen LogP contribution in [0, 0.1) is 0 Å². The summed E-state index contributed by atoms with van der Waals surface area (Å²) in [6.07, 6.45) is 4.81. The third-order valence-corrected chi connectivity index (χ3v) is 8.07. The molecule has 0 radical (unpaired) electrons. The van der Waals surface area contributed by atoms with Gasteiger partial charge in [-0.25, -0.2) is 4.79 Å². The third kappa shape index (κ3) is 3.87. The molecule has 1 aliphatic carbocycles. The first-order chi connectivity index (χ1) is 15.7. The van der Waals surface area contributed by atoms with Crippen molar-refractivity contribution in [3.8, 4) is 0 Å². The van der Waals surface area contributed by atoms with Crippen molar-refractivity contribution in [2.24, 2.45) is 0 Å². The fourth-order valence-corrected chi connectivity index (χ4v) is 6.53. The van der Waals surface area contributed by atoms with Crippen LogP contribution in [0.25, 0.3) is 10.2 Å². The molecule has 0 saturated heterocycles. The molecular weight excluding hydrogens is 440 g/mol. The highest BCUT2D eigenvalue weighted by Crippen LogP contribution is 2.39. The van der Waals surface area contributed by atoms with E-state index < -0.39 is 0 Å². The molecule has 0 saturated carbocycles. The number of nitrogens with one attached hydrogen (secondary N) is 1. The van der Waals surface area contributed by atoms with E-state index in [1.54, 1.807) is 11.3 Å². The van der Waals surface area contributed by atoms with Gasteiger partial charge in [0.15, 0.2) is 0 Å². The summed E-state index contributed by atoms with van der Waals surface area (Å²) in [5, 5.41) is 5.71. The highest BCUT2D eigenvalue weighted by molar-refractivity contribution is 7.17. The van der Waals surface area contributed by atoms with Crippen LogP contribution < -0.4 is 5.32 Å². The molecular formula is C25H24N2O3S2. The molecule has 1 amide bonds. The average Bonchev–Trinajstić information content (AvgIpc) is 3.50. The molecule has 1 aliphatic rings. The first-order valence-corrected chi connectivity index (χ1v) is 12.5. The van der Waals surface area contributed by atoms with Gasteiger partial charge >= 0.3 is 5.97 Å². The Kier molecular flexibility index (Phi) is 5.85. The van der Waals surface area contributed by atoms with Crippen molar-refractivity contribution in [1.29, 1.82) is 0 Å². The number of amides is 1. The largest absolute Gasteiger partial charge is 0.465 e. The monoisotopic (exact) mass is 464 g/mol. The van der Waals surface area contributed by atoms with Gasteiger partial charge in [-0.2, -0.15) is 0 Å². The minimum absolute atomic E-state index is 0.190. The normalized spacial score (nSPS) is 13.2. The minimum Gasteiger partial charge on any atom is -0.465 e. The van der Waals surface area contributed by atoms with Crippen LogP contribution in [-0.4, -0.2) is 23.6 Å². The summed E-state index contributed by atoms with van der Waals surface area (Å²) < 4.78 is 8.22. The third-order valence-electron chi connectivity index (χ3n) is 6.01.